The summed E-state index contributed by atoms with van der Waals surface area (Å²) in [5.74, 6) is -2.08. The Morgan fingerprint density at radius 2 is 1.76 bits per heavy atom. The minimum absolute atomic E-state index is 0.0348. The van der Waals surface area contributed by atoms with E-state index in [0.717, 1.165) is 12.8 Å². The monoisotopic (exact) mass is 290 g/mol. The second-order valence-electron chi connectivity index (χ2n) is 6.67. The number of fused-ring (bicyclic) bond motifs is 1. The number of carboxylic acids is 1. The Kier molecular flexibility index (Phi) is 4.35. The van der Waals surface area contributed by atoms with Crippen LogP contribution in [0.3, 0.4) is 0 Å². The van der Waals surface area contributed by atoms with Crippen LogP contribution < -0.4 is 0 Å². The molecule has 1 aliphatic carbocycles. The molecule has 0 aliphatic heterocycles. The molecule has 0 aromatic heterocycles. The maximum atomic E-state index is 11.9. The third-order valence-electron chi connectivity index (χ3n) is 3.78. The van der Waals surface area contributed by atoms with Crippen LogP contribution in [-0.4, -0.2) is 22.6 Å². The summed E-state index contributed by atoms with van der Waals surface area (Å²) in [5, 5.41) is 9.45. The Hall–Kier alpha value is -1.84. The predicted molar refractivity (Wildman–Crippen MR) is 78.9 cm³/mol. The lowest BCUT2D eigenvalue weighted by Gasteiger charge is -2.23. The van der Waals surface area contributed by atoms with Gasteiger partial charge in [-0.2, -0.15) is 0 Å². The van der Waals surface area contributed by atoms with E-state index in [9.17, 15) is 14.7 Å². The van der Waals surface area contributed by atoms with Gasteiger partial charge in [0.05, 0.1) is 12.3 Å². The van der Waals surface area contributed by atoms with Crippen molar-refractivity contribution in [2.75, 3.05) is 0 Å². The Balaban J connectivity index is 2.05. The number of hydrogen-bond donors (Lipinski definition) is 1. The molecule has 1 N–H and O–H groups in total. The number of aliphatic carboxylic acids is 1. The normalized spacial score (nSPS) is 16.3. The second kappa shape index (κ2) is 5.88. The fourth-order valence-electron chi connectivity index (χ4n) is 2.90. The second-order valence-corrected chi connectivity index (χ2v) is 6.67. The summed E-state index contributed by atoms with van der Waals surface area (Å²) in [5.41, 5.74) is 1.80. The van der Waals surface area contributed by atoms with Crippen LogP contribution in [-0.2, 0) is 27.2 Å². The van der Waals surface area contributed by atoms with Gasteiger partial charge in [-0.25, -0.2) is 0 Å². The summed E-state index contributed by atoms with van der Waals surface area (Å²) in [4.78, 5) is 23.4. The summed E-state index contributed by atoms with van der Waals surface area (Å²) in [6, 6.07) is 7.99. The number of carbonyl (C=O) groups is 2. The molecule has 1 aliphatic rings. The minimum atomic E-state index is -0.918. The zero-order valence-electron chi connectivity index (χ0n) is 12.8. The van der Waals surface area contributed by atoms with E-state index in [0.29, 0.717) is 0 Å². The molecular weight excluding hydrogens is 268 g/mol. The summed E-state index contributed by atoms with van der Waals surface area (Å²) in [6.45, 7) is 5.35. The lowest BCUT2D eigenvalue weighted by molar-refractivity contribution is -0.161. The van der Waals surface area contributed by atoms with Crippen molar-refractivity contribution < 1.29 is 19.4 Å². The van der Waals surface area contributed by atoms with Crippen molar-refractivity contribution in [2.45, 2.75) is 45.6 Å². The van der Waals surface area contributed by atoms with Crippen molar-refractivity contribution in [2.24, 2.45) is 11.8 Å². The highest BCUT2D eigenvalue weighted by Crippen LogP contribution is 2.33. The molecule has 0 heterocycles. The lowest BCUT2D eigenvalue weighted by Crippen LogP contribution is -2.31. The molecule has 0 bridgehead atoms. The van der Waals surface area contributed by atoms with Gasteiger partial charge in [-0.15, -0.1) is 0 Å². The minimum Gasteiger partial charge on any atom is -0.481 e. The first-order chi connectivity index (χ1) is 9.76. The number of esters is 1. The predicted octanol–water partition coefficient (Wildman–Crippen LogP) is 2.83. The fraction of sp³-hybridized carbons (Fsp3) is 0.529. The highest BCUT2D eigenvalue weighted by molar-refractivity contribution is 5.79. The fourth-order valence-corrected chi connectivity index (χ4v) is 2.90. The molecule has 4 nitrogen and oxygen atoms in total. The largest absolute Gasteiger partial charge is 0.481 e. The zero-order valence-corrected chi connectivity index (χ0v) is 12.8. The van der Waals surface area contributed by atoms with Crippen molar-refractivity contribution in [3.8, 4) is 0 Å². The summed E-state index contributed by atoms with van der Waals surface area (Å²) in [6.07, 6.45) is 1.37. The maximum Gasteiger partial charge on any atom is 0.307 e. The first-order valence-electron chi connectivity index (χ1n) is 7.27. The summed E-state index contributed by atoms with van der Waals surface area (Å²) >= 11 is 0. The van der Waals surface area contributed by atoms with Gasteiger partial charge < -0.3 is 9.84 Å². The van der Waals surface area contributed by atoms with Crippen molar-refractivity contribution >= 4 is 11.9 Å². The highest BCUT2D eigenvalue weighted by Gasteiger charge is 2.35. The molecule has 0 radical (unpaired) electrons. The molecular formula is C17H22O4. The van der Waals surface area contributed by atoms with E-state index < -0.39 is 23.5 Å². The number of ether oxygens (including phenoxy) is 1. The van der Waals surface area contributed by atoms with Gasteiger partial charge in [0.15, 0.2) is 0 Å². The van der Waals surface area contributed by atoms with Gasteiger partial charge in [-0.05, 0) is 50.7 Å². The molecule has 1 aromatic rings. The molecule has 1 aromatic carbocycles. The number of rotatable bonds is 4. The van der Waals surface area contributed by atoms with Crippen molar-refractivity contribution in [1.82, 2.24) is 0 Å². The Morgan fingerprint density at radius 1 is 1.24 bits per heavy atom. The molecule has 1 atom stereocenters. The zero-order chi connectivity index (χ0) is 15.6. The van der Waals surface area contributed by atoms with E-state index in [1.54, 1.807) is 20.8 Å². The van der Waals surface area contributed by atoms with Gasteiger partial charge in [0, 0.05) is 0 Å². The third-order valence-corrected chi connectivity index (χ3v) is 3.78. The molecule has 0 spiro atoms. The van der Waals surface area contributed by atoms with Crippen LogP contribution in [0.5, 0.6) is 0 Å². The number of hydrogen-bond acceptors (Lipinski definition) is 3. The summed E-state index contributed by atoms with van der Waals surface area (Å²) in [7, 11) is 0. The van der Waals surface area contributed by atoms with Crippen molar-refractivity contribution in [1.29, 1.82) is 0 Å². The van der Waals surface area contributed by atoms with Gasteiger partial charge in [0.1, 0.15) is 5.60 Å². The van der Waals surface area contributed by atoms with E-state index in [-0.39, 0.29) is 12.3 Å². The first-order valence-corrected chi connectivity index (χ1v) is 7.27. The average Bonchev–Trinajstić information content (AvgIpc) is 2.76. The quantitative estimate of drug-likeness (QED) is 0.866. The average molecular weight is 290 g/mol. The van der Waals surface area contributed by atoms with Gasteiger partial charge in [-0.1, -0.05) is 24.3 Å². The molecule has 0 saturated carbocycles. The van der Waals surface area contributed by atoms with Gasteiger partial charge in [0.25, 0.3) is 0 Å². The van der Waals surface area contributed by atoms with E-state index >= 15 is 0 Å². The lowest BCUT2D eigenvalue weighted by atomic mass is 9.87. The molecule has 2 rings (SSSR count). The van der Waals surface area contributed by atoms with E-state index in [4.69, 9.17) is 4.74 Å². The maximum absolute atomic E-state index is 11.9. The Bertz CT molecular complexity index is 517. The Morgan fingerprint density at radius 3 is 2.19 bits per heavy atom. The SMILES string of the molecule is CC(C)(C)OC(=O)C[C@H](C(=O)O)C1Cc2ccccc2C1. The molecule has 114 valence electrons. The van der Waals surface area contributed by atoms with E-state index in [1.165, 1.54) is 11.1 Å². The van der Waals surface area contributed by atoms with Crippen molar-refractivity contribution in [3.63, 3.8) is 0 Å². The first kappa shape index (κ1) is 15.5. The van der Waals surface area contributed by atoms with Gasteiger partial charge in [0.2, 0.25) is 0 Å². The standard InChI is InChI=1S/C17H22O4/c1-17(2,3)21-15(18)10-14(16(19)20)13-8-11-6-4-5-7-12(11)9-13/h4-7,13-14H,8-10H2,1-3H3,(H,19,20)/t14-/m0/s1. The molecule has 0 fully saturated rings. The van der Waals surface area contributed by atoms with Crippen LogP contribution in [0.4, 0.5) is 0 Å². The van der Waals surface area contributed by atoms with Gasteiger partial charge >= 0.3 is 11.9 Å². The van der Waals surface area contributed by atoms with Crippen LogP contribution in [0.25, 0.3) is 0 Å². The number of carboxylic acid groups (broad SMARTS) is 1. The van der Waals surface area contributed by atoms with Crippen LogP contribution in [0.1, 0.15) is 38.3 Å². The molecule has 4 heteroatoms. The van der Waals surface area contributed by atoms with Crippen LogP contribution in [0.15, 0.2) is 24.3 Å². The van der Waals surface area contributed by atoms with E-state index in [1.807, 2.05) is 24.3 Å². The van der Waals surface area contributed by atoms with Crippen LogP contribution >= 0.6 is 0 Å². The molecule has 0 saturated heterocycles. The van der Waals surface area contributed by atoms with Gasteiger partial charge in [-0.3, -0.25) is 9.59 Å². The smallest absolute Gasteiger partial charge is 0.307 e. The van der Waals surface area contributed by atoms with Crippen molar-refractivity contribution in [3.05, 3.63) is 35.4 Å². The number of benzene rings is 1. The topological polar surface area (TPSA) is 63.6 Å². The number of carbonyl (C=O) groups excluding carboxylic acids is 1. The van der Waals surface area contributed by atoms with Crippen LogP contribution in [0.2, 0.25) is 0 Å². The Labute approximate surface area is 125 Å². The van der Waals surface area contributed by atoms with Crippen LogP contribution in [0, 0.1) is 11.8 Å². The molecule has 21 heavy (non-hydrogen) atoms. The molecule has 0 amide bonds. The third kappa shape index (κ3) is 4.06. The van der Waals surface area contributed by atoms with E-state index in [2.05, 4.69) is 0 Å². The molecule has 0 unspecified atom stereocenters. The summed E-state index contributed by atoms with van der Waals surface area (Å²) < 4.78 is 5.25. The highest BCUT2D eigenvalue weighted by atomic mass is 16.6.